The van der Waals surface area contributed by atoms with Gasteiger partial charge in [0.15, 0.2) is 5.82 Å². The van der Waals surface area contributed by atoms with Gasteiger partial charge < -0.3 is 25.1 Å². The van der Waals surface area contributed by atoms with Gasteiger partial charge >= 0.3 is 6.01 Å². The predicted octanol–water partition coefficient (Wildman–Crippen LogP) is 4.12. The molecular formula is C24H26N4O4. The summed E-state index contributed by atoms with van der Waals surface area (Å²) in [5.74, 6) is 1.15. The van der Waals surface area contributed by atoms with Crippen molar-refractivity contribution < 1.29 is 19.7 Å². The molecule has 0 atom stereocenters. The van der Waals surface area contributed by atoms with E-state index in [0.717, 1.165) is 16.9 Å². The maximum absolute atomic E-state index is 10.4. The van der Waals surface area contributed by atoms with Crippen molar-refractivity contribution in [2.24, 2.45) is 0 Å². The van der Waals surface area contributed by atoms with Crippen LogP contribution in [0, 0.1) is 0 Å². The van der Waals surface area contributed by atoms with E-state index in [1.54, 1.807) is 12.3 Å². The average molecular weight is 434 g/mol. The number of benzene rings is 2. The van der Waals surface area contributed by atoms with Gasteiger partial charge in [-0.1, -0.05) is 43.2 Å². The second-order valence-corrected chi connectivity index (χ2v) is 7.99. The summed E-state index contributed by atoms with van der Waals surface area (Å²) in [6, 6.07) is 14.5. The summed E-state index contributed by atoms with van der Waals surface area (Å²) >= 11 is 0. The number of hydrogen-bond acceptors (Lipinski definition) is 7. The highest BCUT2D eigenvalue weighted by Gasteiger charge is 2.20. The molecule has 0 radical (unpaired) electrons. The Labute approximate surface area is 185 Å². The van der Waals surface area contributed by atoms with E-state index in [1.807, 2.05) is 50.2 Å². The number of aromatic hydroxyl groups is 3. The number of nitrogens with one attached hydrogen (secondary N) is 1. The van der Waals surface area contributed by atoms with Crippen molar-refractivity contribution in [2.75, 3.05) is 0 Å². The third-order valence-electron chi connectivity index (χ3n) is 5.31. The molecule has 0 aliphatic carbocycles. The monoisotopic (exact) mass is 434 g/mol. The molecule has 8 heteroatoms. The third kappa shape index (κ3) is 4.60. The Kier molecular flexibility index (Phi) is 6.13. The molecule has 0 saturated carbocycles. The van der Waals surface area contributed by atoms with Crippen molar-refractivity contribution >= 4 is 0 Å². The summed E-state index contributed by atoms with van der Waals surface area (Å²) in [6.45, 7) is 5.57. The summed E-state index contributed by atoms with van der Waals surface area (Å²) in [4.78, 5) is 0. The first-order valence-electron chi connectivity index (χ1n) is 10.4. The summed E-state index contributed by atoms with van der Waals surface area (Å²) < 4.78 is 6.84. The normalized spacial score (nSPS) is 11.3. The molecule has 2 aromatic heterocycles. The number of aromatic nitrogens is 3. The Morgan fingerprint density at radius 3 is 2.38 bits per heavy atom. The minimum Gasteiger partial charge on any atom is -0.508 e. The molecule has 8 nitrogen and oxygen atoms in total. The van der Waals surface area contributed by atoms with E-state index in [0.29, 0.717) is 36.6 Å². The first kappa shape index (κ1) is 21.5. The highest BCUT2D eigenvalue weighted by atomic mass is 16.3. The van der Waals surface area contributed by atoms with Crippen LogP contribution in [0.3, 0.4) is 0 Å². The Morgan fingerprint density at radius 2 is 1.69 bits per heavy atom. The third-order valence-corrected chi connectivity index (χ3v) is 5.31. The molecule has 166 valence electrons. The fraction of sp³-hybridized carbons (Fsp3) is 0.250. The molecule has 4 rings (SSSR count). The van der Waals surface area contributed by atoms with Crippen LogP contribution in [0.4, 0.5) is 0 Å². The van der Waals surface area contributed by atoms with Crippen LogP contribution in [0.1, 0.15) is 42.2 Å². The van der Waals surface area contributed by atoms with Crippen molar-refractivity contribution in [3.05, 3.63) is 77.2 Å². The highest BCUT2D eigenvalue weighted by molar-refractivity contribution is 5.68. The molecule has 2 aromatic carbocycles. The van der Waals surface area contributed by atoms with Crippen LogP contribution in [0.25, 0.3) is 11.4 Å². The topological polar surface area (TPSA) is 117 Å². The van der Waals surface area contributed by atoms with Gasteiger partial charge in [0.25, 0.3) is 0 Å². The fourth-order valence-electron chi connectivity index (χ4n) is 3.56. The van der Waals surface area contributed by atoms with Crippen molar-refractivity contribution in [1.29, 1.82) is 0 Å². The van der Waals surface area contributed by atoms with Crippen molar-refractivity contribution in [1.82, 2.24) is 20.1 Å². The number of phenols is 2. The maximum Gasteiger partial charge on any atom is 0.315 e. The highest BCUT2D eigenvalue weighted by Crippen LogP contribution is 2.38. The first-order valence-corrected chi connectivity index (χ1v) is 10.4. The second kappa shape index (κ2) is 9.15. The lowest BCUT2D eigenvalue weighted by molar-refractivity contribution is 0.404. The predicted molar refractivity (Wildman–Crippen MR) is 119 cm³/mol. The fourth-order valence-corrected chi connectivity index (χ4v) is 3.56. The van der Waals surface area contributed by atoms with Gasteiger partial charge in [0.2, 0.25) is 0 Å². The van der Waals surface area contributed by atoms with Crippen LogP contribution in [0.5, 0.6) is 17.5 Å². The van der Waals surface area contributed by atoms with Crippen LogP contribution in [0.2, 0.25) is 0 Å². The Bertz CT molecular complexity index is 1180. The zero-order valence-corrected chi connectivity index (χ0v) is 18.0. The molecule has 32 heavy (non-hydrogen) atoms. The minimum absolute atomic E-state index is 0.0211. The SMILES string of the molecule is CC(C)c1cc(-c2nnc(O)n2Cc2ccc(CNCc3ccco3)cc2)c(O)cc1O. The Hall–Kier alpha value is -3.78. The number of nitrogens with zero attached hydrogens (tertiary/aromatic N) is 3. The zero-order chi connectivity index (χ0) is 22.7. The first-order chi connectivity index (χ1) is 15.4. The quantitative estimate of drug-likeness (QED) is 0.330. The van der Waals surface area contributed by atoms with Crippen LogP contribution in [-0.4, -0.2) is 30.1 Å². The van der Waals surface area contributed by atoms with E-state index in [4.69, 9.17) is 4.42 Å². The number of rotatable bonds is 8. The van der Waals surface area contributed by atoms with Crippen molar-refractivity contribution in [3.8, 4) is 28.9 Å². The molecule has 0 spiro atoms. The molecule has 0 aliphatic rings. The molecule has 0 aliphatic heterocycles. The molecule has 0 unspecified atom stereocenters. The van der Waals surface area contributed by atoms with Crippen molar-refractivity contribution in [2.45, 2.75) is 39.4 Å². The van der Waals surface area contributed by atoms with Crippen LogP contribution >= 0.6 is 0 Å². The standard InChI is InChI=1S/C24H26N4O4/c1-15(2)19-10-20(22(30)11-21(19)29)23-26-27-24(31)28(23)14-17-7-5-16(6-8-17)12-25-13-18-4-3-9-32-18/h3-11,15,25,29-30H,12-14H2,1-2H3,(H,27,31). The molecule has 0 amide bonds. The molecule has 2 heterocycles. The molecule has 4 N–H and O–H groups in total. The summed E-state index contributed by atoms with van der Waals surface area (Å²) in [5.41, 5.74) is 3.14. The van der Waals surface area contributed by atoms with E-state index in [2.05, 4.69) is 15.5 Å². The molecule has 4 aromatic rings. The minimum atomic E-state index is -0.247. The molecule has 0 bridgehead atoms. The van der Waals surface area contributed by atoms with Crippen LogP contribution in [-0.2, 0) is 19.6 Å². The van der Waals surface area contributed by atoms with E-state index in [-0.39, 0.29) is 23.4 Å². The lowest BCUT2D eigenvalue weighted by Crippen LogP contribution is -2.12. The molecule has 0 saturated heterocycles. The summed E-state index contributed by atoms with van der Waals surface area (Å²) in [7, 11) is 0. The smallest absolute Gasteiger partial charge is 0.315 e. The van der Waals surface area contributed by atoms with Gasteiger partial charge in [0, 0.05) is 12.6 Å². The van der Waals surface area contributed by atoms with E-state index in [9.17, 15) is 15.3 Å². The number of phenolic OH excluding ortho intramolecular Hbond substituents is 2. The zero-order valence-electron chi connectivity index (χ0n) is 18.0. The van der Waals surface area contributed by atoms with Gasteiger partial charge in [-0.25, -0.2) is 0 Å². The van der Waals surface area contributed by atoms with E-state index in [1.165, 1.54) is 10.6 Å². The molecular weight excluding hydrogens is 408 g/mol. The van der Waals surface area contributed by atoms with Gasteiger partial charge in [-0.2, -0.15) is 0 Å². The largest absolute Gasteiger partial charge is 0.508 e. The van der Waals surface area contributed by atoms with Gasteiger partial charge in [-0.05, 0) is 40.8 Å². The second-order valence-electron chi connectivity index (χ2n) is 7.99. The van der Waals surface area contributed by atoms with E-state index >= 15 is 0 Å². The maximum atomic E-state index is 10.4. The number of hydrogen-bond donors (Lipinski definition) is 4. The lowest BCUT2D eigenvalue weighted by Gasteiger charge is -2.14. The Morgan fingerprint density at radius 1 is 0.938 bits per heavy atom. The Balaban J connectivity index is 1.51. The summed E-state index contributed by atoms with van der Waals surface area (Å²) in [5, 5.41) is 42.0. The van der Waals surface area contributed by atoms with E-state index < -0.39 is 0 Å². The van der Waals surface area contributed by atoms with Gasteiger partial charge in [0.1, 0.15) is 17.3 Å². The molecule has 0 fully saturated rings. The lowest BCUT2D eigenvalue weighted by atomic mass is 9.98. The van der Waals surface area contributed by atoms with Crippen LogP contribution < -0.4 is 5.32 Å². The van der Waals surface area contributed by atoms with Crippen molar-refractivity contribution in [3.63, 3.8) is 0 Å². The number of furan rings is 1. The average Bonchev–Trinajstić information content (AvgIpc) is 3.40. The van der Waals surface area contributed by atoms with Gasteiger partial charge in [0.05, 0.1) is 24.9 Å². The van der Waals surface area contributed by atoms with Gasteiger partial charge in [-0.3, -0.25) is 4.57 Å². The summed E-state index contributed by atoms with van der Waals surface area (Å²) in [6.07, 6.45) is 1.65. The van der Waals surface area contributed by atoms with Crippen LogP contribution in [0.15, 0.2) is 59.2 Å². The van der Waals surface area contributed by atoms with Gasteiger partial charge in [-0.15, -0.1) is 5.10 Å².